The molecule has 1 aromatic carbocycles. The minimum atomic E-state index is -3.33. The Kier molecular flexibility index (Phi) is 3.68. The predicted molar refractivity (Wildman–Crippen MR) is 84.0 cm³/mol. The number of nitrogen functional groups attached to an aromatic ring is 1. The number of benzene rings is 1. The fourth-order valence-electron chi connectivity index (χ4n) is 1.91. The number of hydrogen-bond donors (Lipinski definition) is 2. The largest absolute Gasteiger partial charge is 0.382 e. The van der Waals surface area contributed by atoms with Crippen LogP contribution in [0.1, 0.15) is 19.5 Å². The molecule has 1 aromatic heterocycles. The minimum Gasteiger partial charge on any atom is -0.382 e. The second-order valence-electron chi connectivity index (χ2n) is 5.12. The molecule has 0 fully saturated rings. The molecule has 0 bridgehead atoms. The fourth-order valence-corrected chi connectivity index (χ4v) is 2.92. The Morgan fingerprint density at radius 2 is 1.90 bits per heavy atom. The van der Waals surface area contributed by atoms with Crippen LogP contribution in [0.2, 0.25) is 0 Å². The molecule has 0 aliphatic heterocycles. The summed E-state index contributed by atoms with van der Waals surface area (Å²) in [6.07, 6.45) is 1.20. The first-order chi connectivity index (χ1) is 9.16. The van der Waals surface area contributed by atoms with Crippen molar-refractivity contribution in [1.29, 1.82) is 0 Å². The molecule has 2 aromatic rings. The average molecular weight is 358 g/mol. The number of halogens is 1. The zero-order valence-corrected chi connectivity index (χ0v) is 13.8. The highest BCUT2D eigenvalue weighted by molar-refractivity contribution is 9.10. The molecule has 7 heteroatoms. The van der Waals surface area contributed by atoms with Gasteiger partial charge in [-0.15, -0.1) is 0 Å². The summed E-state index contributed by atoms with van der Waals surface area (Å²) in [4.78, 5) is 0. The van der Waals surface area contributed by atoms with Crippen molar-refractivity contribution in [1.82, 2.24) is 10.2 Å². The number of sulfone groups is 1. The van der Waals surface area contributed by atoms with E-state index in [1.165, 1.54) is 6.26 Å². The second-order valence-corrected chi connectivity index (χ2v) is 8.54. The molecule has 0 aliphatic rings. The lowest BCUT2D eigenvalue weighted by atomic mass is 9.98. The molecule has 0 aliphatic carbocycles. The maximum absolute atomic E-state index is 12.0. The van der Waals surface area contributed by atoms with Crippen molar-refractivity contribution < 1.29 is 8.42 Å². The Balaban J connectivity index is 2.75. The van der Waals surface area contributed by atoms with Gasteiger partial charge in [0.25, 0.3) is 0 Å². The van der Waals surface area contributed by atoms with Gasteiger partial charge in [-0.1, -0.05) is 34.1 Å². The van der Waals surface area contributed by atoms with Crippen LogP contribution in [-0.4, -0.2) is 24.9 Å². The van der Waals surface area contributed by atoms with Crippen molar-refractivity contribution in [2.24, 2.45) is 0 Å². The number of H-pyrrole nitrogens is 1. The van der Waals surface area contributed by atoms with Gasteiger partial charge in [-0.25, -0.2) is 8.42 Å². The smallest absolute Gasteiger partial charge is 0.158 e. The number of anilines is 1. The SMILES string of the molecule is CC(C)(c1[nH]nc(N)c1-c1ccccc1Br)S(C)(=O)=O. The monoisotopic (exact) mass is 357 g/mol. The molecule has 2 rings (SSSR count). The zero-order chi connectivity index (χ0) is 15.1. The van der Waals surface area contributed by atoms with E-state index >= 15 is 0 Å². The highest BCUT2D eigenvalue weighted by atomic mass is 79.9. The Labute approximate surface area is 126 Å². The lowest BCUT2D eigenvalue weighted by Gasteiger charge is -2.22. The number of aromatic amines is 1. The van der Waals surface area contributed by atoms with Gasteiger partial charge in [-0.2, -0.15) is 5.10 Å². The maximum Gasteiger partial charge on any atom is 0.158 e. The van der Waals surface area contributed by atoms with E-state index in [-0.39, 0.29) is 5.82 Å². The summed E-state index contributed by atoms with van der Waals surface area (Å²) >= 11 is 3.46. The van der Waals surface area contributed by atoms with Crippen molar-refractivity contribution in [2.75, 3.05) is 12.0 Å². The molecule has 5 nitrogen and oxygen atoms in total. The van der Waals surface area contributed by atoms with E-state index in [0.717, 1.165) is 10.0 Å². The predicted octanol–water partition coefficient (Wildman–Crippen LogP) is 2.70. The van der Waals surface area contributed by atoms with Crippen LogP contribution in [0.3, 0.4) is 0 Å². The van der Waals surface area contributed by atoms with Gasteiger partial charge in [0.15, 0.2) is 15.7 Å². The summed E-state index contributed by atoms with van der Waals surface area (Å²) in [5, 5.41) is 6.75. The van der Waals surface area contributed by atoms with Crippen molar-refractivity contribution in [2.45, 2.75) is 18.6 Å². The van der Waals surface area contributed by atoms with E-state index in [2.05, 4.69) is 26.1 Å². The number of nitrogens with zero attached hydrogens (tertiary/aromatic N) is 1. The maximum atomic E-state index is 12.0. The minimum absolute atomic E-state index is 0.281. The summed E-state index contributed by atoms with van der Waals surface area (Å²) in [5.74, 6) is 0.281. The summed E-state index contributed by atoms with van der Waals surface area (Å²) < 4.78 is 23.8. The topological polar surface area (TPSA) is 88.8 Å². The van der Waals surface area contributed by atoms with Gasteiger partial charge in [0.2, 0.25) is 0 Å². The highest BCUT2D eigenvalue weighted by Gasteiger charge is 2.37. The van der Waals surface area contributed by atoms with Gasteiger partial charge in [-0.05, 0) is 19.9 Å². The quantitative estimate of drug-likeness (QED) is 0.883. The van der Waals surface area contributed by atoms with E-state index in [4.69, 9.17) is 5.73 Å². The Bertz CT molecular complexity index is 751. The standard InChI is InChI=1S/C13H16BrN3O2S/c1-13(2,20(3,18)19)11-10(12(15)17-16-11)8-6-4-5-7-9(8)14/h4-7H,1-3H3,(H3,15,16,17). The third-order valence-electron chi connectivity index (χ3n) is 3.47. The van der Waals surface area contributed by atoms with Gasteiger partial charge < -0.3 is 5.73 Å². The molecule has 0 spiro atoms. The summed E-state index contributed by atoms with van der Waals surface area (Å²) in [6.45, 7) is 3.27. The number of aromatic nitrogens is 2. The fraction of sp³-hybridized carbons (Fsp3) is 0.308. The van der Waals surface area contributed by atoms with Crippen LogP contribution in [0.5, 0.6) is 0 Å². The Morgan fingerprint density at radius 3 is 2.45 bits per heavy atom. The second kappa shape index (κ2) is 4.89. The number of nitrogens with one attached hydrogen (secondary N) is 1. The molecule has 0 saturated heterocycles. The molecule has 20 heavy (non-hydrogen) atoms. The van der Waals surface area contributed by atoms with Crippen LogP contribution >= 0.6 is 15.9 Å². The molecule has 0 amide bonds. The van der Waals surface area contributed by atoms with E-state index in [1.807, 2.05) is 24.3 Å². The summed E-state index contributed by atoms with van der Waals surface area (Å²) in [7, 11) is -3.33. The molecular formula is C13H16BrN3O2S. The number of hydrogen-bond acceptors (Lipinski definition) is 4. The van der Waals surface area contributed by atoms with Gasteiger partial charge >= 0.3 is 0 Å². The van der Waals surface area contributed by atoms with E-state index in [0.29, 0.717) is 11.3 Å². The Hall–Kier alpha value is -1.34. The molecule has 0 radical (unpaired) electrons. The van der Waals surface area contributed by atoms with Crippen molar-refractivity contribution in [3.8, 4) is 11.1 Å². The third kappa shape index (κ3) is 2.35. The van der Waals surface area contributed by atoms with Crippen LogP contribution in [0.4, 0.5) is 5.82 Å². The number of rotatable bonds is 3. The van der Waals surface area contributed by atoms with Gasteiger partial charge in [0, 0.05) is 21.9 Å². The lowest BCUT2D eigenvalue weighted by Crippen LogP contribution is -2.29. The molecule has 3 N–H and O–H groups in total. The molecular weight excluding hydrogens is 342 g/mol. The number of nitrogens with two attached hydrogens (primary N) is 1. The van der Waals surface area contributed by atoms with Gasteiger partial charge in [-0.3, -0.25) is 5.10 Å². The first-order valence-electron chi connectivity index (χ1n) is 5.95. The van der Waals surface area contributed by atoms with Crippen LogP contribution in [0, 0.1) is 0 Å². The van der Waals surface area contributed by atoms with Crippen LogP contribution in [0.25, 0.3) is 11.1 Å². The van der Waals surface area contributed by atoms with Crippen molar-refractivity contribution in [3.63, 3.8) is 0 Å². The van der Waals surface area contributed by atoms with Crippen molar-refractivity contribution >= 4 is 31.6 Å². The first-order valence-corrected chi connectivity index (χ1v) is 8.63. The summed E-state index contributed by atoms with van der Waals surface area (Å²) in [5.41, 5.74) is 7.84. The van der Waals surface area contributed by atoms with E-state index < -0.39 is 14.6 Å². The van der Waals surface area contributed by atoms with Crippen molar-refractivity contribution in [3.05, 3.63) is 34.4 Å². The van der Waals surface area contributed by atoms with Gasteiger partial charge in [0.1, 0.15) is 4.75 Å². The van der Waals surface area contributed by atoms with E-state index in [9.17, 15) is 8.42 Å². The molecule has 0 atom stereocenters. The third-order valence-corrected chi connectivity index (χ3v) is 6.22. The molecule has 0 saturated carbocycles. The molecule has 0 unspecified atom stereocenters. The Morgan fingerprint density at radius 1 is 1.30 bits per heavy atom. The van der Waals surface area contributed by atoms with Crippen LogP contribution < -0.4 is 5.73 Å². The first kappa shape index (κ1) is 15.1. The highest BCUT2D eigenvalue weighted by Crippen LogP contribution is 2.40. The van der Waals surface area contributed by atoms with Crippen LogP contribution in [0.15, 0.2) is 28.7 Å². The van der Waals surface area contributed by atoms with Gasteiger partial charge in [0.05, 0.1) is 5.69 Å². The normalized spacial score (nSPS) is 12.6. The summed E-state index contributed by atoms with van der Waals surface area (Å²) in [6, 6.07) is 7.49. The average Bonchev–Trinajstić information content (AvgIpc) is 2.71. The van der Waals surface area contributed by atoms with Crippen LogP contribution in [-0.2, 0) is 14.6 Å². The lowest BCUT2D eigenvalue weighted by molar-refractivity contribution is 0.556. The van der Waals surface area contributed by atoms with E-state index in [1.54, 1.807) is 13.8 Å². The molecule has 1 heterocycles. The molecule has 108 valence electrons. The zero-order valence-electron chi connectivity index (χ0n) is 11.4.